The fraction of sp³-hybridized carbons (Fsp3) is 0.321. The Bertz CT molecular complexity index is 1620. The molecule has 0 saturated carbocycles. The molecule has 0 spiro atoms. The van der Waals surface area contributed by atoms with Crippen LogP contribution in [0, 0.1) is 6.92 Å². The van der Waals surface area contributed by atoms with Crippen LogP contribution < -0.4 is 13.8 Å². The summed E-state index contributed by atoms with van der Waals surface area (Å²) in [7, 11) is -7.74. The van der Waals surface area contributed by atoms with Crippen molar-refractivity contribution in [2.75, 3.05) is 50.2 Å². The first kappa shape index (κ1) is 27.9. The lowest BCUT2D eigenvalue weighted by molar-refractivity contribution is 0.0697. The second-order valence-electron chi connectivity index (χ2n) is 9.49. The van der Waals surface area contributed by atoms with Gasteiger partial charge in [0.1, 0.15) is 13.2 Å². The van der Waals surface area contributed by atoms with Crippen LogP contribution >= 0.6 is 0 Å². The van der Waals surface area contributed by atoms with Gasteiger partial charge in [-0.1, -0.05) is 24.3 Å². The van der Waals surface area contributed by atoms with E-state index in [1.807, 2.05) is 6.07 Å². The highest BCUT2D eigenvalue weighted by molar-refractivity contribution is 7.93. The summed E-state index contributed by atoms with van der Waals surface area (Å²) >= 11 is 0. The summed E-state index contributed by atoms with van der Waals surface area (Å²) in [4.78, 5) is 15.1. The molecule has 0 radical (unpaired) electrons. The topological polar surface area (TPSA) is 114 Å². The maximum atomic E-state index is 13.6. The van der Waals surface area contributed by atoms with Crippen molar-refractivity contribution in [3.05, 3.63) is 77.9 Å². The van der Waals surface area contributed by atoms with Crippen molar-refractivity contribution in [1.29, 1.82) is 0 Å². The zero-order valence-electron chi connectivity index (χ0n) is 22.3. The van der Waals surface area contributed by atoms with E-state index in [0.29, 0.717) is 36.0 Å². The van der Waals surface area contributed by atoms with E-state index in [1.165, 1.54) is 26.8 Å². The molecule has 0 aromatic heterocycles. The molecule has 212 valence electrons. The number of aryl methyl sites for hydroxylation is 1. The van der Waals surface area contributed by atoms with Crippen molar-refractivity contribution in [1.82, 2.24) is 9.21 Å². The molecule has 0 unspecified atom stereocenters. The standard InChI is InChI=1S/C28H31N3O7S2/c1-3-31(23-7-5-4-6-8-23)40(35,36)27-19-22(10-9-21(27)2)28(32)29-13-15-30(16-14-29)39(33,34)24-11-12-25-26(20-24)38-18-17-37-25/h4-12,19-20H,3,13-18H2,1-2H3. The van der Waals surface area contributed by atoms with E-state index in [-0.39, 0.29) is 54.0 Å². The first-order chi connectivity index (χ1) is 19.1. The van der Waals surface area contributed by atoms with Gasteiger partial charge in [0.05, 0.1) is 15.5 Å². The summed E-state index contributed by atoms with van der Waals surface area (Å²) in [5.74, 6) is 0.543. The van der Waals surface area contributed by atoms with E-state index < -0.39 is 20.0 Å². The molecule has 12 heteroatoms. The van der Waals surface area contributed by atoms with Crippen LogP contribution in [-0.4, -0.2) is 77.9 Å². The highest BCUT2D eigenvalue weighted by Gasteiger charge is 2.32. The molecule has 5 rings (SSSR count). The van der Waals surface area contributed by atoms with E-state index in [1.54, 1.807) is 61.2 Å². The van der Waals surface area contributed by atoms with Crippen molar-refractivity contribution in [2.45, 2.75) is 23.6 Å². The summed E-state index contributed by atoms with van der Waals surface area (Å²) in [5.41, 5.74) is 1.30. The number of hydrogen-bond acceptors (Lipinski definition) is 7. The van der Waals surface area contributed by atoms with Crippen molar-refractivity contribution in [3.8, 4) is 11.5 Å². The molecule has 0 bridgehead atoms. The molecule has 1 amide bonds. The van der Waals surface area contributed by atoms with Gasteiger partial charge in [0.2, 0.25) is 10.0 Å². The number of ether oxygens (including phenoxy) is 2. The van der Waals surface area contributed by atoms with E-state index in [9.17, 15) is 21.6 Å². The first-order valence-corrected chi connectivity index (χ1v) is 15.9. The number of hydrogen-bond donors (Lipinski definition) is 0. The van der Waals surface area contributed by atoms with E-state index in [0.717, 1.165) is 0 Å². The molecular weight excluding hydrogens is 554 g/mol. The lowest BCUT2D eigenvalue weighted by atomic mass is 10.1. The zero-order valence-corrected chi connectivity index (χ0v) is 23.9. The average Bonchev–Trinajstić information content (AvgIpc) is 2.97. The van der Waals surface area contributed by atoms with E-state index in [2.05, 4.69) is 0 Å². The summed E-state index contributed by atoms with van der Waals surface area (Å²) in [6.45, 7) is 5.00. The molecule has 2 heterocycles. The lowest BCUT2D eigenvalue weighted by Crippen LogP contribution is -2.50. The summed E-state index contributed by atoms with van der Waals surface area (Å²) in [6, 6.07) is 18.0. The van der Waals surface area contributed by atoms with Crippen molar-refractivity contribution >= 4 is 31.6 Å². The highest BCUT2D eigenvalue weighted by Crippen LogP contribution is 2.33. The Morgan fingerprint density at radius 3 is 2.20 bits per heavy atom. The fourth-order valence-corrected chi connectivity index (χ4v) is 8.03. The smallest absolute Gasteiger partial charge is 0.264 e. The number of carbonyl (C=O) groups excluding carboxylic acids is 1. The number of carbonyl (C=O) groups is 1. The molecule has 3 aromatic carbocycles. The maximum absolute atomic E-state index is 13.6. The van der Waals surface area contributed by atoms with Crippen LogP contribution in [0.3, 0.4) is 0 Å². The third kappa shape index (κ3) is 5.26. The first-order valence-electron chi connectivity index (χ1n) is 13.0. The molecule has 1 saturated heterocycles. The van der Waals surface area contributed by atoms with Crippen LogP contribution in [0.25, 0.3) is 0 Å². The molecule has 1 fully saturated rings. The average molecular weight is 586 g/mol. The number of amides is 1. The summed E-state index contributed by atoms with van der Waals surface area (Å²) in [5, 5.41) is 0. The number of sulfonamides is 2. The Kier molecular flexibility index (Phi) is 7.76. The van der Waals surface area contributed by atoms with Crippen LogP contribution in [0.2, 0.25) is 0 Å². The number of rotatable bonds is 7. The normalized spacial score (nSPS) is 16.0. The van der Waals surface area contributed by atoms with Gasteiger partial charge in [0.15, 0.2) is 11.5 Å². The van der Waals surface area contributed by atoms with E-state index in [4.69, 9.17) is 9.47 Å². The van der Waals surface area contributed by atoms with Crippen LogP contribution in [-0.2, 0) is 20.0 Å². The van der Waals surface area contributed by atoms with Gasteiger partial charge in [-0.3, -0.25) is 9.10 Å². The summed E-state index contributed by atoms with van der Waals surface area (Å²) < 4.78 is 67.5. The minimum absolute atomic E-state index is 0.0591. The maximum Gasteiger partial charge on any atom is 0.264 e. The number of benzene rings is 3. The van der Waals surface area contributed by atoms with E-state index >= 15 is 0 Å². The van der Waals surface area contributed by atoms with Gasteiger partial charge >= 0.3 is 0 Å². The quantitative estimate of drug-likeness (QED) is 0.419. The Hall–Kier alpha value is -3.61. The zero-order chi connectivity index (χ0) is 28.5. The number of anilines is 1. The number of fused-ring (bicyclic) bond motifs is 1. The Morgan fingerprint density at radius 2 is 1.52 bits per heavy atom. The molecule has 0 aliphatic carbocycles. The molecule has 0 N–H and O–H groups in total. The number of para-hydroxylation sites is 1. The van der Waals surface area contributed by atoms with Gasteiger partial charge in [-0.15, -0.1) is 0 Å². The van der Waals surface area contributed by atoms with Crippen molar-refractivity contribution in [3.63, 3.8) is 0 Å². The highest BCUT2D eigenvalue weighted by atomic mass is 32.2. The lowest BCUT2D eigenvalue weighted by Gasteiger charge is -2.34. The summed E-state index contributed by atoms with van der Waals surface area (Å²) in [6.07, 6.45) is 0. The molecule has 2 aliphatic heterocycles. The predicted octanol–water partition coefficient (Wildman–Crippen LogP) is 3.13. The second-order valence-corrected chi connectivity index (χ2v) is 13.3. The third-order valence-corrected chi connectivity index (χ3v) is 11.0. The SMILES string of the molecule is CCN(c1ccccc1)S(=O)(=O)c1cc(C(=O)N2CCN(S(=O)(=O)c3ccc4c(c3)OCCO4)CC2)ccc1C. The Labute approximate surface area is 234 Å². The van der Waals surface area contributed by atoms with Gasteiger partial charge in [-0.25, -0.2) is 16.8 Å². The molecule has 10 nitrogen and oxygen atoms in total. The van der Waals surface area contributed by atoms with Crippen LogP contribution in [0.1, 0.15) is 22.8 Å². The van der Waals surface area contributed by atoms with Crippen LogP contribution in [0.15, 0.2) is 76.5 Å². The molecule has 3 aromatic rings. The minimum atomic E-state index is -3.93. The minimum Gasteiger partial charge on any atom is -0.486 e. The van der Waals surface area contributed by atoms with Gasteiger partial charge in [0, 0.05) is 44.4 Å². The second kappa shape index (κ2) is 11.1. The van der Waals surface area contributed by atoms with Gasteiger partial charge < -0.3 is 14.4 Å². The Morgan fingerprint density at radius 1 is 0.850 bits per heavy atom. The van der Waals surface area contributed by atoms with Gasteiger partial charge in [0.25, 0.3) is 15.9 Å². The van der Waals surface area contributed by atoms with Crippen LogP contribution in [0.5, 0.6) is 11.5 Å². The predicted molar refractivity (Wildman–Crippen MR) is 150 cm³/mol. The monoisotopic (exact) mass is 585 g/mol. The van der Waals surface area contributed by atoms with Crippen LogP contribution in [0.4, 0.5) is 5.69 Å². The van der Waals surface area contributed by atoms with Crippen molar-refractivity contribution < 1.29 is 31.1 Å². The third-order valence-electron chi connectivity index (χ3n) is 7.01. The Balaban J connectivity index is 1.32. The number of piperazine rings is 1. The fourth-order valence-electron chi connectivity index (χ4n) is 4.86. The number of nitrogens with zero attached hydrogens (tertiary/aromatic N) is 3. The molecule has 40 heavy (non-hydrogen) atoms. The van der Waals surface area contributed by atoms with Gasteiger partial charge in [-0.2, -0.15) is 4.31 Å². The molecule has 0 atom stereocenters. The van der Waals surface area contributed by atoms with Crippen molar-refractivity contribution in [2.24, 2.45) is 0 Å². The molecule has 2 aliphatic rings. The molecular formula is C28H31N3O7S2. The largest absolute Gasteiger partial charge is 0.486 e. The van der Waals surface area contributed by atoms with Gasteiger partial charge in [-0.05, 0) is 55.8 Å².